The topological polar surface area (TPSA) is 72.0 Å². The summed E-state index contributed by atoms with van der Waals surface area (Å²) in [5.74, 6) is 0.230. The van der Waals surface area contributed by atoms with Crippen LogP contribution < -0.4 is 5.32 Å². The minimum Gasteiger partial charge on any atom is -0.310 e. The van der Waals surface area contributed by atoms with E-state index in [-0.39, 0.29) is 11.8 Å². The van der Waals surface area contributed by atoms with Crippen molar-refractivity contribution in [1.82, 2.24) is 15.5 Å². The second-order valence-electron chi connectivity index (χ2n) is 5.31. The van der Waals surface area contributed by atoms with Crippen molar-refractivity contribution in [3.63, 3.8) is 0 Å². The molecule has 1 aromatic heterocycles. The summed E-state index contributed by atoms with van der Waals surface area (Å²) in [5.41, 5.74) is 2.92. The Hall–Kier alpha value is -1.01. The fraction of sp³-hybridized carbons (Fsp3) is 0.714. The van der Waals surface area contributed by atoms with E-state index in [2.05, 4.69) is 22.4 Å². The molecule has 20 heavy (non-hydrogen) atoms. The van der Waals surface area contributed by atoms with Crippen molar-refractivity contribution in [3.8, 4) is 0 Å². The van der Waals surface area contributed by atoms with Gasteiger partial charge in [-0.05, 0) is 51.3 Å². The first-order valence-corrected chi connectivity index (χ1v) is 9.11. The zero-order chi connectivity index (χ0) is 15.2. The van der Waals surface area contributed by atoms with Gasteiger partial charge in [-0.15, -0.1) is 0 Å². The maximum atomic E-state index is 11.2. The average Bonchev–Trinajstić information content (AvgIpc) is 2.35. The molecule has 0 aromatic carbocycles. The molecule has 0 radical (unpaired) electrons. The SMILES string of the molecule is CCCNC(CCCS(C)(=O)=O)c1cc(C)nnc1C. The lowest BCUT2D eigenvalue weighted by Gasteiger charge is -2.20. The molecule has 0 aliphatic carbocycles. The molecule has 5 nitrogen and oxygen atoms in total. The molecule has 1 N–H and O–H groups in total. The van der Waals surface area contributed by atoms with E-state index in [1.807, 2.05) is 19.9 Å². The molecule has 1 aromatic rings. The van der Waals surface area contributed by atoms with Gasteiger partial charge in [0, 0.05) is 18.1 Å². The summed E-state index contributed by atoms with van der Waals surface area (Å²) in [5, 5.41) is 11.7. The monoisotopic (exact) mass is 299 g/mol. The van der Waals surface area contributed by atoms with Crippen molar-refractivity contribution < 1.29 is 8.42 Å². The number of nitrogens with one attached hydrogen (secondary N) is 1. The highest BCUT2D eigenvalue weighted by molar-refractivity contribution is 7.90. The molecular weight excluding hydrogens is 274 g/mol. The second-order valence-corrected chi connectivity index (χ2v) is 7.57. The van der Waals surface area contributed by atoms with Gasteiger partial charge in [-0.1, -0.05) is 6.92 Å². The predicted octanol–water partition coefficient (Wildman–Crippen LogP) is 1.96. The van der Waals surface area contributed by atoms with Gasteiger partial charge in [-0.3, -0.25) is 0 Å². The molecule has 1 heterocycles. The number of hydrogen-bond acceptors (Lipinski definition) is 5. The third-order valence-electron chi connectivity index (χ3n) is 3.16. The van der Waals surface area contributed by atoms with Crippen LogP contribution in [0.4, 0.5) is 0 Å². The van der Waals surface area contributed by atoms with Crippen LogP contribution in [0, 0.1) is 13.8 Å². The van der Waals surface area contributed by atoms with Gasteiger partial charge in [0.15, 0.2) is 0 Å². The van der Waals surface area contributed by atoms with Crippen LogP contribution in [0.2, 0.25) is 0 Å². The average molecular weight is 299 g/mol. The zero-order valence-corrected chi connectivity index (χ0v) is 13.6. The fourth-order valence-corrected chi connectivity index (χ4v) is 2.85. The van der Waals surface area contributed by atoms with Crippen LogP contribution in [0.1, 0.15) is 49.2 Å². The highest BCUT2D eigenvalue weighted by atomic mass is 32.2. The minimum absolute atomic E-state index is 0.144. The third-order valence-corrected chi connectivity index (χ3v) is 4.19. The highest BCUT2D eigenvalue weighted by Gasteiger charge is 2.15. The van der Waals surface area contributed by atoms with E-state index in [9.17, 15) is 8.42 Å². The molecule has 1 unspecified atom stereocenters. The van der Waals surface area contributed by atoms with Crippen LogP contribution in [-0.4, -0.2) is 37.2 Å². The Labute approximate surface area is 122 Å². The van der Waals surface area contributed by atoms with Gasteiger partial charge >= 0.3 is 0 Å². The van der Waals surface area contributed by atoms with Gasteiger partial charge in [0.05, 0.1) is 11.4 Å². The van der Waals surface area contributed by atoms with Crippen LogP contribution >= 0.6 is 0 Å². The molecule has 0 aliphatic rings. The molecule has 0 bridgehead atoms. The molecule has 6 heteroatoms. The maximum absolute atomic E-state index is 11.2. The molecule has 0 amide bonds. The largest absolute Gasteiger partial charge is 0.310 e. The first-order valence-electron chi connectivity index (χ1n) is 7.05. The lowest BCUT2D eigenvalue weighted by Crippen LogP contribution is -2.24. The molecule has 0 fully saturated rings. The smallest absolute Gasteiger partial charge is 0.147 e. The van der Waals surface area contributed by atoms with Crippen LogP contribution in [0.3, 0.4) is 0 Å². The van der Waals surface area contributed by atoms with Gasteiger partial charge < -0.3 is 5.32 Å². The van der Waals surface area contributed by atoms with Gasteiger partial charge in [-0.2, -0.15) is 10.2 Å². The van der Waals surface area contributed by atoms with Crippen LogP contribution in [0.15, 0.2) is 6.07 Å². The van der Waals surface area contributed by atoms with Gasteiger partial charge in [0.25, 0.3) is 0 Å². The number of nitrogens with zero attached hydrogens (tertiary/aromatic N) is 2. The number of rotatable bonds is 8. The number of aryl methyl sites for hydroxylation is 2. The molecular formula is C14H25N3O2S. The Morgan fingerprint density at radius 2 is 2.00 bits per heavy atom. The summed E-state index contributed by atoms with van der Waals surface area (Å²) in [7, 11) is -2.90. The Bertz CT molecular complexity index is 529. The first-order chi connectivity index (χ1) is 9.33. The van der Waals surface area contributed by atoms with E-state index >= 15 is 0 Å². The summed E-state index contributed by atoms with van der Waals surface area (Å²) < 4.78 is 22.5. The Morgan fingerprint density at radius 3 is 2.60 bits per heavy atom. The zero-order valence-electron chi connectivity index (χ0n) is 12.8. The number of aromatic nitrogens is 2. The molecule has 0 aliphatic heterocycles. The predicted molar refractivity (Wildman–Crippen MR) is 81.5 cm³/mol. The normalized spacial score (nSPS) is 13.4. The standard InChI is InChI=1S/C14H25N3O2S/c1-5-8-15-14(7-6-9-20(4,18)19)13-10-11(2)16-17-12(13)3/h10,14-15H,5-9H2,1-4H3. The molecule has 114 valence electrons. The summed E-state index contributed by atoms with van der Waals surface area (Å²) in [6.07, 6.45) is 3.77. The summed E-state index contributed by atoms with van der Waals surface area (Å²) in [6, 6.07) is 2.18. The van der Waals surface area contributed by atoms with E-state index in [0.29, 0.717) is 6.42 Å². The van der Waals surface area contributed by atoms with Crippen molar-refractivity contribution in [2.75, 3.05) is 18.6 Å². The lowest BCUT2D eigenvalue weighted by molar-refractivity contribution is 0.487. The maximum Gasteiger partial charge on any atom is 0.147 e. The third kappa shape index (κ3) is 5.96. The molecule has 1 atom stereocenters. The van der Waals surface area contributed by atoms with Crippen molar-refractivity contribution in [3.05, 3.63) is 23.0 Å². The summed E-state index contributed by atoms with van der Waals surface area (Å²) >= 11 is 0. The second kappa shape index (κ2) is 7.69. The first kappa shape index (κ1) is 17.0. The summed E-state index contributed by atoms with van der Waals surface area (Å²) in [4.78, 5) is 0. The van der Waals surface area contributed by atoms with Crippen molar-refractivity contribution in [1.29, 1.82) is 0 Å². The van der Waals surface area contributed by atoms with Crippen molar-refractivity contribution >= 4 is 9.84 Å². The van der Waals surface area contributed by atoms with Crippen LogP contribution in [0.25, 0.3) is 0 Å². The van der Waals surface area contributed by atoms with Gasteiger partial charge in [-0.25, -0.2) is 8.42 Å². The van der Waals surface area contributed by atoms with E-state index in [0.717, 1.165) is 36.3 Å². The molecule has 0 spiro atoms. The fourth-order valence-electron chi connectivity index (χ4n) is 2.16. The quantitative estimate of drug-likeness (QED) is 0.794. The van der Waals surface area contributed by atoms with Gasteiger partial charge in [0.1, 0.15) is 9.84 Å². The van der Waals surface area contributed by atoms with Crippen molar-refractivity contribution in [2.24, 2.45) is 0 Å². The summed E-state index contributed by atoms with van der Waals surface area (Å²) in [6.45, 7) is 6.89. The van der Waals surface area contributed by atoms with E-state index < -0.39 is 9.84 Å². The molecule has 0 saturated heterocycles. The highest BCUT2D eigenvalue weighted by Crippen LogP contribution is 2.21. The van der Waals surface area contributed by atoms with Gasteiger partial charge in [0.2, 0.25) is 0 Å². The Balaban J connectivity index is 2.80. The number of hydrogen-bond donors (Lipinski definition) is 1. The van der Waals surface area contributed by atoms with Crippen molar-refractivity contribution in [2.45, 2.75) is 46.1 Å². The lowest BCUT2D eigenvalue weighted by atomic mass is 10.0. The number of sulfone groups is 1. The molecule has 1 rings (SSSR count). The Morgan fingerprint density at radius 1 is 1.30 bits per heavy atom. The van der Waals surface area contributed by atoms with Crippen LogP contribution in [-0.2, 0) is 9.84 Å². The van der Waals surface area contributed by atoms with E-state index in [4.69, 9.17) is 0 Å². The minimum atomic E-state index is -2.90. The Kier molecular flexibility index (Phi) is 6.55. The van der Waals surface area contributed by atoms with E-state index in [1.165, 1.54) is 6.26 Å². The van der Waals surface area contributed by atoms with E-state index in [1.54, 1.807) is 0 Å². The molecule has 0 saturated carbocycles. The van der Waals surface area contributed by atoms with Crippen LogP contribution in [0.5, 0.6) is 0 Å².